The van der Waals surface area contributed by atoms with Crippen LogP contribution in [0.2, 0.25) is 0 Å². The maximum Gasteiger partial charge on any atom is 0.333 e. The summed E-state index contributed by atoms with van der Waals surface area (Å²) in [5, 5.41) is 8.71. The van der Waals surface area contributed by atoms with E-state index in [9.17, 15) is 4.79 Å². The number of aliphatic hydroxyl groups excluding tert-OH is 1. The lowest BCUT2D eigenvalue weighted by Crippen LogP contribution is -2.08. The van der Waals surface area contributed by atoms with Crippen LogP contribution in [0.25, 0.3) is 0 Å². The van der Waals surface area contributed by atoms with E-state index in [1.165, 1.54) is 70.6 Å². The maximum absolute atomic E-state index is 11.9. The normalized spacial score (nSPS) is 10.8. The summed E-state index contributed by atoms with van der Waals surface area (Å²) in [6.07, 6.45) is 20.0. The fourth-order valence-corrected chi connectivity index (χ4v) is 3.12. The van der Waals surface area contributed by atoms with Crippen molar-refractivity contribution < 1.29 is 14.6 Å². The van der Waals surface area contributed by atoms with Crippen molar-refractivity contribution in [3.05, 3.63) is 12.2 Å². The van der Waals surface area contributed by atoms with E-state index in [4.69, 9.17) is 9.84 Å². The zero-order valence-corrected chi connectivity index (χ0v) is 17.4. The Labute approximate surface area is 162 Å². The third-order valence-corrected chi connectivity index (χ3v) is 4.91. The summed E-state index contributed by atoms with van der Waals surface area (Å²) in [5.74, 6) is -0.197. The molecule has 0 aromatic carbocycles. The Hall–Kier alpha value is -0.830. The SMILES string of the molecule is C=C(CCCCCCCCCC)C(=O)OCCCCCCCCCCO. The lowest BCUT2D eigenvalue weighted by molar-refractivity contribution is -0.139. The summed E-state index contributed by atoms with van der Waals surface area (Å²) in [6, 6.07) is 0. The lowest BCUT2D eigenvalue weighted by atomic mass is 10.1. The zero-order chi connectivity index (χ0) is 19.3. The first-order chi connectivity index (χ1) is 12.7. The first-order valence-corrected chi connectivity index (χ1v) is 11.2. The molecule has 0 spiro atoms. The first kappa shape index (κ1) is 25.2. The van der Waals surface area contributed by atoms with Crippen molar-refractivity contribution in [2.45, 2.75) is 116 Å². The van der Waals surface area contributed by atoms with Gasteiger partial charge in [-0.25, -0.2) is 4.79 Å². The van der Waals surface area contributed by atoms with E-state index >= 15 is 0 Å². The Morgan fingerprint density at radius 1 is 0.731 bits per heavy atom. The standard InChI is InChI=1S/C23H44O3/c1-3-4-5-6-7-10-13-16-19-22(2)23(25)26-21-18-15-12-9-8-11-14-17-20-24/h24H,2-21H2,1H3. The molecule has 3 nitrogen and oxygen atoms in total. The molecule has 0 saturated carbocycles. The first-order valence-electron chi connectivity index (χ1n) is 11.2. The fraction of sp³-hybridized carbons (Fsp3) is 0.870. The van der Waals surface area contributed by atoms with Gasteiger partial charge in [0.15, 0.2) is 0 Å². The molecule has 26 heavy (non-hydrogen) atoms. The third kappa shape index (κ3) is 18.0. The van der Waals surface area contributed by atoms with Gasteiger partial charge in [-0.15, -0.1) is 0 Å². The number of esters is 1. The minimum Gasteiger partial charge on any atom is -0.462 e. The molecule has 3 heteroatoms. The van der Waals surface area contributed by atoms with Gasteiger partial charge in [-0.1, -0.05) is 97.0 Å². The van der Waals surface area contributed by atoms with Crippen molar-refractivity contribution >= 4 is 5.97 Å². The second-order valence-electron chi connectivity index (χ2n) is 7.52. The van der Waals surface area contributed by atoms with E-state index < -0.39 is 0 Å². The van der Waals surface area contributed by atoms with Crippen LogP contribution in [-0.2, 0) is 9.53 Å². The zero-order valence-electron chi connectivity index (χ0n) is 17.4. The molecule has 154 valence electrons. The minimum atomic E-state index is -0.197. The molecule has 0 atom stereocenters. The van der Waals surface area contributed by atoms with E-state index in [0.29, 0.717) is 18.8 Å². The highest BCUT2D eigenvalue weighted by molar-refractivity contribution is 5.87. The molecular weight excluding hydrogens is 324 g/mol. The molecule has 0 heterocycles. The summed E-state index contributed by atoms with van der Waals surface area (Å²) in [4.78, 5) is 11.9. The van der Waals surface area contributed by atoms with E-state index in [1.807, 2.05) is 0 Å². The molecule has 0 aliphatic carbocycles. The summed E-state index contributed by atoms with van der Waals surface area (Å²) in [5.41, 5.74) is 0.639. The molecule has 0 saturated heterocycles. The summed E-state index contributed by atoms with van der Waals surface area (Å²) >= 11 is 0. The Morgan fingerprint density at radius 3 is 1.73 bits per heavy atom. The molecular formula is C23H44O3. The van der Waals surface area contributed by atoms with Crippen molar-refractivity contribution in [2.75, 3.05) is 13.2 Å². The number of unbranched alkanes of at least 4 members (excludes halogenated alkanes) is 14. The number of hydrogen-bond donors (Lipinski definition) is 1. The summed E-state index contributed by atoms with van der Waals surface area (Å²) in [6.45, 7) is 6.97. The number of aliphatic hydroxyl groups is 1. The Balaban J connectivity index is 3.34. The number of hydrogen-bond acceptors (Lipinski definition) is 3. The van der Waals surface area contributed by atoms with E-state index in [0.717, 1.165) is 38.5 Å². The van der Waals surface area contributed by atoms with Gasteiger partial charge in [0.25, 0.3) is 0 Å². The second kappa shape index (κ2) is 20.5. The van der Waals surface area contributed by atoms with Crippen LogP contribution in [0.4, 0.5) is 0 Å². The van der Waals surface area contributed by atoms with Gasteiger partial charge in [0.1, 0.15) is 0 Å². The molecule has 0 rings (SSSR count). The fourth-order valence-electron chi connectivity index (χ4n) is 3.12. The van der Waals surface area contributed by atoms with Gasteiger partial charge in [0.2, 0.25) is 0 Å². The van der Waals surface area contributed by atoms with Crippen LogP contribution in [0.1, 0.15) is 116 Å². The Bertz CT molecular complexity index is 325. The van der Waals surface area contributed by atoms with Crippen LogP contribution in [0, 0.1) is 0 Å². The summed E-state index contributed by atoms with van der Waals surface area (Å²) < 4.78 is 5.32. The van der Waals surface area contributed by atoms with Gasteiger partial charge in [0.05, 0.1) is 6.61 Å². The number of rotatable bonds is 20. The molecule has 0 aliphatic heterocycles. The number of ether oxygens (including phenoxy) is 1. The van der Waals surface area contributed by atoms with Crippen molar-refractivity contribution in [1.82, 2.24) is 0 Å². The van der Waals surface area contributed by atoms with Gasteiger partial charge in [0, 0.05) is 12.2 Å². The van der Waals surface area contributed by atoms with Gasteiger partial charge in [-0.05, 0) is 25.7 Å². The highest BCUT2D eigenvalue weighted by Gasteiger charge is 2.07. The molecule has 0 radical (unpaired) electrons. The molecule has 0 aromatic rings. The van der Waals surface area contributed by atoms with Crippen molar-refractivity contribution in [1.29, 1.82) is 0 Å². The average Bonchev–Trinajstić information content (AvgIpc) is 2.65. The van der Waals surface area contributed by atoms with Crippen LogP contribution < -0.4 is 0 Å². The number of carbonyl (C=O) groups is 1. The van der Waals surface area contributed by atoms with E-state index in [2.05, 4.69) is 13.5 Å². The second-order valence-corrected chi connectivity index (χ2v) is 7.52. The molecule has 0 amide bonds. The van der Waals surface area contributed by atoms with Crippen molar-refractivity contribution in [3.8, 4) is 0 Å². The largest absolute Gasteiger partial charge is 0.462 e. The quantitative estimate of drug-likeness (QED) is 0.147. The Morgan fingerprint density at radius 2 is 1.19 bits per heavy atom. The van der Waals surface area contributed by atoms with Crippen LogP contribution in [0.15, 0.2) is 12.2 Å². The van der Waals surface area contributed by atoms with Crippen LogP contribution in [-0.4, -0.2) is 24.3 Å². The molecule has 0 unspecified atom stereocenters. The monoisotopic (exact) mass is 368 g/mol. The van der Waals surface area contributed by atoms with Crippen LogP contribution in [0.5, 0.6) is 0 Å². The van der Waals surface area contributed by atoms with Gasteiger partial charge in [-0.2, -0.15) is 0 Å². The maximum atomic E-state index is 11.9. The van der Waals surface area contributed by atoms with Crippen LogP contribution >= 0.6 is 0 Å². The molecule has 0 fully saturated rings. The topological polar surface area (TPSA) is 46.5 Å². The Kier molecular flexibility index (Phi) is 19.8. The van der Waals surface area contributed by atoms with E-state index in [-0.39, 0.29) is 5.97 Å². The predicted molar refractivity (Wildman–Crippen MR) is 111 cm³/mol. The molecule has 0 bridgehead atoms. The lowest BCUT2D eigenvalue weighted by Gasteiger charge is -2.07. The third-order valence-electron chi connectivity index (χ3n) is 4.91. The van der Waals surface area contributed by atoms with Gasteiger partial charge < -0.3 is 9.84 Å². The van der Waals surface area contributed by atoms with Gasteiger partial charge >= 0.3 is 5.97 Å². The summed E-state index contributed by atoms with van der Waals surface area (Å²) in [7, 11) is 0. The highest BCUT2D eigenvalue weighted by Crippen LogP contribution is 2.13. The van der Waals surface area contributed by atoms with Gasteiger partial charge in [-0.3, -0.25) is 0 Å². The molecule has 0 aromatic heterocycles. The van der Waals surface area contributed by atoms with E-state index in [1.54, 1.807) is 0 Å². The van der Waals surface area contributed by atoms with Crippen molar-refractivity contribution in [3.63, 3.8) is 0 Å². The highest BCUT2D eigenvalue weighted by atomic mass is 16.5. The molecule has 1 N–H and O–H groups in total. The van der Waals surface area contributed by atoms with Crippen LogP contribution in [0.3, 0.4) is 0 Å². The smallest absolute Gasteiger partial charge is 0.333 e. The average molecular weight is 369 g/mol. The molecule has 0 aliphatic rings. The number of carbonyl (C=O) groups excluding carboxylic acids is 1. The van der Waals surface area contributed by atoms with Crippen molar-refractivity contribution in [2.24, 2.45) is 0 Å². The minimum absolute atomic E-state index is 0.197. The predicted octanol–water partition coefficient (Wildman–Crippen LogP) is 6.73.